The first-order valence-corrected chi connectivity index (χ1v) is 11.9. The first-order chi connectivity index (χ1) is 14.9. The predicted octanol–water partition coefficient (Wildman–Crippen LogP) is 5.35. The minimum Gasteiger partial charge on any atom is -0.550 e. The first-order valence-electron chi connectivity index (χ1n) is 11.9. The van der Waals surface area contributed by atoms with Crippen molar-refractivity contribution in [3.8, 4) is 0 Å². The van der Waals surface area contributed by atoms with Crippen LogP contribution in [0.2, 0.25) is 0 Å². The van der Waals surface area contributed by atoms with Gasteiger partial charge in [-0.3, -0.25) is 0 Å². The number of hydrogen-bond donors (Lipinski definition) is 0. The molecular formula is C27H46O4Sn. The first kappa shape index (κ1) is 38.2. The zero-order valence-electron chi connectivity index (χ0n) is 21.0. The number of hydrogen-bond acceptors (Lipinski definition) is 4. The molecule has 1 rings (SSSR count). The van der Waals surface area contributed by atoms with E-state index in [2.05, 4.69) is 41.5 Å². The van der Waals surface area contributed by atoms with Crippen molar-refractivity contribution in [3.05, 3.63) is 49.2 Å². The molecule has 0 aliphatic rings. The number of aryl methyl sites for hydroxylation is 1. The van der Waals surface area contributed by atoms with Crippen LogP contribution in [-0.2, 0) is 11.2 Å². The van der Waals surface area contributed by atoms with Gasteiger partial charge in [-0.2, -0.15) is 0 Å². The molecule has 0 unspecified atom stereocenters. The van der Waals surface area contributed by atoms with Crippen LogP contribution in [0.15, 0.2) is 24.3 Å². The second-order valence-corrected chi connectivity index (χ2v) is 7.29. The molecule has 0 bridgehead atoms. The Morgan fingerprint density at radius 1 is 0.750 bits per heavy atom. The number of carboxylic acid groups (broad SMARTS) is 2. The summed E-state index contributed by atoms with van der Waals surface area (Å²) in [6, 6.07) is 7.03. The fourth-order valence-electron chi connectivity index (χ4n) is 2.18. The van der Waals surface area contributed by atoms with Gasteiger partial charge in [-0.1, -0.05) is 124 Å². The van der Waals surface area contributed by atoms with E-state index in [9.17, 15) is 19.8 Å². The maximum absolute atomic E-state index is 10.7. The van der Waals surface area contributed by atoms with Crippen molar-refractivity contribution < 1.29 is 19.8 Å². The molecule has 4 nitrogen and oxygen atoms in total. The summed E-state index contributed by atoms with van der Waals surface area (Å²) in [5, 5.41) is 20.6. The van der Waals surface area contributed by atoms with Crippen molar-refractivity contribution in [1.82, 2.24) is 0 Å². The van der Waals surface area contributed by atoms with E-state index in [1.807, 2.05) is 12.1 Å². The van der Waals surface area contributed by atoms with Gasteiger partial charge < -0.3 is 19.8 Å². The summed E-state index contributed by atoms with van der Waals surface area (Å²) >= 11 is 0. The third kappa shape index (κ3) is 31.1. The number of carbonyl (C=O) groups is 2. The molecule has 1 aromatic carbocycles. The maximum Gasteiger partial charge on any atom is 2.00 e. The quantitative estimate of drug-likeness (QED) is 0.258. The Morgan fingerprint density at radius 2 is 1.22 bits per heavy atom. The number of aliphatic carboxylic acids is 1. The predicted molar refractivity (Wildman–Crippen MR) is 134 cm³/mol. The van der Waals surface area contributed by atoms with E-state index >= 15 is 0 Å². The molecule has 0 fully saturated rings. The molecule has 0 saturated heterocycles. The van der Waals surface area contributed by atoms with E-state index in [-0.39, 0.29) is 30.3 Å². The zero-order valence-corrected chi connectivity index (χ0v) is 23.9. The molecule has 182 valence electrons. The number of benzene rings is 1. The molecule has 32 heavy (non-hydrogen) atoms. The van der Waals surface area contributed by atoms with E-state index in [0.717, 1.165) is 56.9 Å². The standard InChI is InChI=1S/C11H14O2.C8H16O2.2C4H9.Sn/c1-2-3-6-9-7-4-5-8-10(9)11(12)13;1-2-3-4-5-6-7-8(9)10;2*1-3-4-2;/h4-5,7-8H,2-3,6H2,1H3,(H,12,13);2-7H2,1H3,(H,9,10);2*1,3-4H2,2H3;/q;;;;+2/p-2. The normalized spacial score (nSPS) is 8.94. The Labute approximate surface area is 215 Å². The van der Waals surface area contributed by atoms with Gasteiger partial charge in [0.25, 0.3) is 0 Å². The van der Waals surface area contributed by atoms with Gasteiger partial charge in [-0.25, -0.2) is 0 Å². The average Bonchev–Trinajstić information content (AvgIpc) is 2.78. The number of carboxylic acids is 2. The minimum absolute atomic E-state index is 0. The summed E-state index contributed by atoms with van der Waals surface area (Å²) in [5.74, 6) is -2.00. The van der Waals surface area contributed by atoms with Crippen LogP contribution in [0, 0.1) is 13.8 Å². The molecule has 5 heteroatoms. The van der Waals surface area contributed by atoms with Crippen molar-refractivity contribution in [1.29, 1.82) is 0 Å². The largest absolute Gasteiger partial charge is 2.00 e. The summed E-state index contributed by atoms with van der Waals surface area (Å²) in [7, 11) is 0. The molecular weight excluding hydrogens is 507 g/mol. The molecule has 0 aromatic heterocycles. The van der Waals surface area contributed by atoms with Gasteiger partial charge >= 0.3 is 23.9 Å². The molecule has 0 aliphatic carbocycles. The SMILES string of the molecule is CCCCCCCC(=O)[O-].CCCCc1ccccc1C(=O)[O-].[CH2]CCC.[CH2]CCC.[Sn+2]. The fraction of sp³-hybridized carbons (Fsp3) is 0.630. The van der Waals surface area contributed by atoms with Crippen molar-refractivity contribution in [3.63, 3.8) is 0 Å². The van der Waals surface area contributed by atoms with Gasteiger partial charge in [0.2, 0.25) is 0 Å². The fourth-order valence-corrected chi connectivity index (χ4v) is 2.18. The van der Waals surface area contributed by atoms with Crippen molar-refractivity contribution in [2.45, 2.75) is 111 Å². The average molecular weight is 553 g/mol. The van der Waals surface area contributed by atoms with Gasteiger partial charge in [0.15, 0.2) is 0 Å². The van der Waals surface area contributed by atoms with Crippen molar-refractivity contribution >= 4 is 35.8 Å². The van der Waals surface area contributed by atoms with Gasteiger partial charge in [0, 0.05) is 11.5 Å². The Bertz CT molecular complexity index is 510. The van der Waals surface area contributed by atoms with Gasteiger partial charge in [-0.05, 0) is 31.2 Å². The number of unbranched alkanes of at least 4 members (excludes halogenated alkanes) is 7. The molecule has 0 heterocycles. The summed E-state index contributed by atoms with van der Waals surface area (Å²) in [4.78, 5) is 20.6. The van der Waals surface area contributed by atoms with E-state index in [4.69, 9.17) is 0 Å². The van der Waals surface area contributed by atoms with E-state index in [1.165, 1.54) is 25.7 Å². The maximum atomic E-state index is 10.7. The summed E-state index contributed by atoms with van der Waals surface area (Å²) in [6.07, 6.45) is 13.1. The number of aromatic carboxylic acids is 1. The Hall–Kier alpha value is -1.04. The van der Waals surface area contributed by atoms with E-state index in [0.29, 0.717) is 5.56 Å². The summed E-state index contributed by atoms with van der Waals surface area (Å²) < 4.78 is 0. The van der Waals surface area contributed by atoms with Crippen LogP contribution < -0.4 is 10.2 Å². The molecule has 1 aromatic rings. The molecule has 0 N–H and O–H groups in total. The van der Waals surface area contributed by atoms with Gasteiger partial charge in [-0.15, -0.1) is 0 Å². The Balaban J connectivity index is -0.000000183. The topological polar surface area (TPSA) is 80.3 Å². The monoisotopic (exact) mass is 554 g/mol. The van der Waals surface area contributed by atoms with E-state index < -0.39 is 11.9 Å². The molecule has 0 saturated carbocycles. The van der Waals surface area contributed by atoms with Crippen LogP contribution in [-0.4, -0.2) is 35.8 Å². The Morgan fingerprint density at radius 3 is 1.62 bits per heavy atom. The summed E-state index contributed by atoms with van der Waals surface area (Å²) in [5.41, 5.74) is 1.21. The molecule has 0 aliphatic heterocycles. The van der Waals surface area contributed by atoms with Crippen LogP contribution in [0.4, 0.5) is 0 Å². The number of carbonyl (C=O) groups excluding carboxylic acids is 2. The van der Waals surface area contributed by atoms with Crippen LogP contribution in [0.1, 0.15) is 121 Å². The molecule has 0 spiro atoms. The Kier molecular flexibility index (Phi) is 38.4. The van der Waals surface area contributed by atoms with Crippen molar-refractivity contribution in [2.24, 2.45) is 0 Å². The zero-order chi connectivity index (χ0) is 24.3. The molecule has 0 atom stereocenters. The molecule has 0 amide bonds. The van der Waals surface area contributed by atoms with Crippen LogP contribution in [0.25, 0.3) is 0 Å². The minimum atomic E-state index is -1.08. The van der Waals surface area contributed by atoms with Crippen LogP contribution >= 0.6 is 0 Å². The third-order valence-electron chi connectivity index (χ3n) is 4.23. The van der Waals surface area contributed by atoms with Gasteiger partial charge in [0.05, 0.1) is 5.97 Å². The number of rotatable bonds is 12. The van der Waals surface area contributed by atoms with Gasteiger partial charge in [0.1, 0.15) is 0 Å². The molecule has 4 radical (unpaired) electrons. The smallest absolute Gasteiger partial charge is 0.550 e. The van der Waals surface area contributed by atoms with E-state index in [1.54, 1.807) is 12.1 Å². The van der Waals surface area contributed by atoms with Crippen LogP contribution in [0.3, 0.4) is 0 Å². The third-order valence-corrected chi connectivity index (χ3v) is 4.23. The second-order valence-electron chi connectivity index (χ2n) is 7.29. The second kappa shape index (κ2) is 32.1. The van der Waals surface area contributed by atoms with Crippen LogP contribution in [0.5, 0.6) is 0 Å². The summed E-state index contributed by atoms with van der Waals surface area (Å²) in [6.45, 7) is 15.7. The van der Waals surface area contributed by atoms with Crippen molar-refractivity contribution in [2.75, 3.05) is 0 Å².